The number of nitrogens with zero attached hydrogens (tertiary/aromatic N) is 2. The Hall–Kier alpha value is -2.72. The molecule has 0 spiro atoms. The number of anilines is 1. The number of carbonyl (C=O) groups is 2. The Labute approximate surface area is 162 Å². The minimum Gasteiger partial charge on any atom is -0.459 e. The van der Waals surface area contributed by atoms with Gasteiger partial charge in [-0.15, -0.1) is 11.8 Å². The molecule has 1 fully saturated rings. The Balaban J connectivity index is 1.63. The Kier molecular flexibility index (Phi) is 6.55. The van der Waals surface area contributed by atoms with Crippen molar-refractivity contribution in [3.05, 3.63) is 48.4 Å². The number of amides is 2. The van der Waals surface area contributed by atoms with Gasteiger partial charge in [0, 0.05) is 30.2 Å². The van der Waals surface area contributed by atoms with Crippen molar-refractivity contribution in [2.24, 2.45) is 5.92 Å². The van der Waals surface area contributed by atoms with E-state index in [1.165, 1.54) is 6.26 Å². The van der Waals surface area contributed by atoms with Crippen LogP contribution in [0.1, 0.15) is 29.8 Å². The highest BCUT2D eigenvalue weighted by atomic mass is 32.2. The Morgan fingerprint density at radius 2 is 2.15 bits per heavy atom. The molecule has 1 unspecified atom stereocenters. The van der Waals surface area contributed by atoms with E-state index in [-0.39, 0.29) is 17.7 Å². The monoisotopic (exact) mass is 383 g/mol. The summed E-state index contributed by atoms with van der Waals surface area (Å²) in [6, 6.07) is 13.0. The van der Waals surface area contributed by atoms with Crippen LogP contribution >= 0.6 is 11.8 Å². The quantitative estimate of drug-likeness (QED) is 0.606. The number of hydrogen-bond donors (Lipinski definition) is 1. The lowest BCUT2D eigenvalue weighted by atomic mass is 9.96. The summed E-state index contributed by atoms with van der Waals surface area (Å²) < 4.78 is 5.18. The van der Waals surface area contributed by atoms with Gasteiger partial charge in [-0.3, -0.25) is 9.59 Å². The fraction of sp³-hybridized carbons (Fsp3) is 0.350. The first-order valence-electron chi connectivity index (χ1n) is 8.91. The predicted molar refractivity (Wildman–Crippen MR) is 103 cm³/mol. The Morgan fingerprint density at radius 1 is 1.30 bits per heavy atom. The molecule has 1 N–H and O–H groups in total. The smallest absolute Gasteiger partial charge is 0.289 e. The van der Waals surface area contributed by atoms with Crippen LogP contribution in [0, 0.1) is 17.2 Å². The number of thioether (sulfide) groups is 1. The summed E-state index contributed by atoms with van der Waals surface area (Å²) in [5.74, 6) is 0.466. The van der Waals surface area contributed by atoms with Crippen LogP contribution in [0.3, 0.4) is 0 Å². The average molecular weight is 383 g/mol. The molecule has 1 aromatic carbocycles. The zero-order valence-electron chi connectivity index (χ0n) is 14.9. The summed E-state index contributed by atoms with van der Waals surface area (Å²) in [5.41, 5.74) is 0.750. The molecule has 3 rings (SSSR count). The van der Waals surface area contributed by atoms with Gasteiger partial charge in [0.15, 0.2) is 5.76 Å². The third kappa shape index (κ3) is 4.92. The highest BCUT2D eigenvalue weighted by Gasteiger charge is 2.30. The first kappa shape index (κ1) is 19.1. The molecule has 0 radical (unpaired) electrons. The standard InChI is InChI=1S/C20H21N3O3S/c21-10-5-13-27-18-9-2-1-7-16(18)22-19(24)15-6-3-11-23(14-15)20(25)17-8-4-12-26-17/h1-2,4,7-9,12,15H,3,5-6,11,13-14H2,(H,22,24). The van der Waals surface area contributed by atoms with Crippen molar-refractivity contribution >= 4 is 29.3 Å². The largest absolute Gasteiger partial charge is 0.459 e. The highest BCUT2D eigenvalue weighted by Crippen LogP contribution is 2.28. The summed E-state index contributed by atoms with van der Waals surface area (Å²) >= 11 is 1.55. The van der Waals surface area contributed by atoms with Crippen molar-refractivity contribution in [2.45, 2.75) is 24.2 Å². The first-order chi connectivity index (χ1) is 13.2. The molecule has 0 bridgehead atoms. The topological polar surface area (TPSA) is 86.3 Å². The van der Waals surface area contributed by atoms with Gasteiger partial charge in [0.05, 0.1) is 23.9 Å². The molecule has 6 nitrogen and oxygen atoms in total. The number of benzene rings is 1. The van der Waals surface area contributed by atoms with E-state index in [9.17, 15) is 9.59 Å². The molecule has 27 heavy (non-hydrogen) atoms. The van der Waals surface area contributed by atoms with E-state index in [0.717, 1.165) is 23.4 Å². The molecule has 140 valence electrons. The number of furan rings is 1. The lowest BCUT2D eigenvalue weighted by molar-refractivity contribution is -0.121. The van der Waals surface area contributed by atoms with Gasteiger partial charge in [-0.2, -0.15) is 5.26 Å². The number of carbonyl (C=O) groups excluding carboxylic acids is 2. The number of rotatable bonds is 6. The normalized spacial score (nSPS) is 16.6. The van der Waals surface area contributed by atoms with E-state index in [1.54, 1.807) is 28.8 Å². The Morgan fingerprint density at radius 3 is 2.93 bits per heavy atom. The second-order valence-corrected chi connectivity index (χ2v) is 7.45. The van der Waals surface area contributed by atoms with Crippen LogP contribution in [0.25, 0.3) is 0 Å². The van der Waals surface area contributed by atoms with Gasteiger partial charge in [0.1, 0.15) is 0 Å². The zero-order chi connectivity index (χ0) is 19.1. The van der Waals surface area contributed by atoms with Crippen LogP contribution in [-0.4, -0.2) is 35.6 Å². The van der Waals surface area contributed by atoms with Crippen LogP contribution in [0.2, 0.25) is 0 Å². The number of nitrogens with one attached hydrogen (secondary N) is 1. The zero-order valence-corrected chi connectivity index (χ0v) is 15.7. The van der Waals surface area contributed by atoms with Crippen molar-refractivity contribution < 1.29 is 14.0 Å². The van der Waals surface area contributed by atoms with Gasteiger partial charge in [0.25, 0.3) is 5.91 Å². The van der Waals surface area contributed by atoms with Crippen LogP contribution in [0.4, 0.5) is 5.69 Å². The van der Waals surface area contributed by atoms with Gasteiger partial charge in [0.2, 0.25) is 5.91 Å². The van der Waals surface area contributed by atoms with Crippen molar-refractivity contribution in [1.29, 1.82) is 5.26 Å². The minimum absolute atomic E-state index is 0.0831. The molecule has 0 saturated carbocycles. The van der Waals surface area contributed by atoms with Crippen LogP contribution < -0.4 is 5.32 Å². The average Bonchev–Trinajstić information content (AvgIpc) is 3.24. The molecule has 2 amide bonds. The molecule has 1 aromatic heterocycles. The van der Waals surface area contributed by atoms with Crippen molar-refractivity contribution in [3.63, 3.8) is 0 Å². The second kappa shape index (κ2) is 9.28. The van der Waals surface area contributed by atoms with Gasteiger partial charge in [-0.1, -0.05) is 12.1 Å². The van der Waals surface area contributed by atoms with Crippen LogP contribution in [0.5, 0.6) is 0 Å². The lowest BCUT2D eigenvalue weighted by Crippen LogP contribution is -2.43. The Bertz CT molecular complexity index is 829. The lowest BCUT2D eigenvalue weighted by Gasteiger charge is -2.31. The first-order valence-corrected chi connectivity index (χ1v) is 9.90. The molecular formula is C20H21N3O3S. The molecule has 1 aliphatic heterocycles. The molecule has 1 atom stereocenters. The third-order valence-corrected chi connectivity index (χ3v) is 5.50. The van der Waals surface area contributed by atoms with Crippen molar-refractivity contribution in [2.75, 3.05) is 24.2 Å². The van der Waals surface area contributed by atoms with Gasteiger partial charge < -0.3 is 14.6 Å². The van der Waals surface area contributed by atoms with E-state index in [1.807, 2.05) is 24.3 Å². The van der Waals surface area contributed by atoms with Crippen LogP contribution in [-0.2, 0) is 4.79 Å². The number of hydrogen-bond acceptors (Lipinski definition) is 5. The maximum absolute atomic E-state index is 12.8. The molecular weight excluding hydrogens is 362 g/mol. The molecule has 0 aliphatic carbocycles. The van der Waals surface area contributed by atoms with E-state index in [0.29, 0.717) is 31.0 Å². The van der Waals surface area contributed by atoms with E-state index >= 15 is 0 Å². The SMILES string of the molecule is N#CCCSc1ccccc1NC(=O)C1CCCN(C(=O)c2ccco2)C1. The highest BCUT2D eigenvalue weighted by molar-refractivity contribution is 7.99. The third-order valence-electron chi connectivity index (χ3n) is 4.43. The summed E-state index contributed by atoms with van der Waals surface area (Å²) in [5, 5.41) is 11.7. The second-order valence-electron chi connectivity index (χ2n) is 6.31. The molecule has 2 aromatic rings. The molecule has 2 heterocycles. The number of para-hydroxylation sites is 1. The summed E-state index contributed by atoms with van der Waals surface area (Å²) in [6.45, 7) is 1.01. The van der Waals surface area contributed by atoms with E-state index in [4.69, 9.17) is 9.68 Å². The fourth-order valence-electron chi connectivity index (χ4n) is 3.07. The van der Waals surface area contributed by atoms with E-state index < -0.39 is 0 Å². The van der Waals surface area contributed by atoms with Crippen LogP contribution in [0.15, 0.2) is 52.0 Å². The predicted octanol–water partition coefficient (Wildman–Crippen LogP) is 3.78. The maximum Gasteiger partial charge on any atom is 0.289 e. The number of nitriles is 1. The van der Waals surface area contributed by atoms with Crippen molar-refractivity contribution in [1.82, 2.24) is 4.90 Å². The summed E-state index contributed by atoms with van der Waals surface area (Å²) in [4.78, 5) is 27.9. The minimum atomic E-state index is -0.255. The van der Waals surface area contributed by atoms with Gasteiger partial charge in [-0.25, -0.2) is 0 Å². The summed E-state index contributed by atoms with van der Waals surface area (Å²) in [6.07, 6.45) is 3.46. The summed E-state index contributed by atoms with van der Waals surface area (Å²) in [7, 11) is 0. The van der Waals surface area contributed by atoms with Crippen molar-refractivity contribution in [3.8, 4) is 6.07 Å². The molecule has 1 saturated heterocycles. The van der Waals surface area contributed by atoms with E-state index in [2.05, 4.69) is 11.4 Å². The molecule has 7 heteroatoms. The fourth-order valence-corrected chi connectivity index (χ4v) is 3.93. The number of piperidine rings is 1. The maximum atomic E-state index is 12.8. The molecule has 1 aliphatic rings. The number of likely N-dealkylation sites (tertiary alicyclic amines) is 1. The van der Waals surface area contributed by atoms with Gasteiger partial charge in [-0.05, 0) is 37.1 Å². The van der Waals surface area contributed by atoms with Gasteiger partial charge >= 0.3 is 0 Å².